The average Bonchev–Trinajstić information content (AvgIpc) is 2.53. The molecule has 1 aromatic carbocycles. The van der Waals surface area contributed by atoms with Gasteiger partial charge in [-0.1, -0.05) is 6.07 Å². The van der Waals surface area contributed by atoms with E-state index in [0.29, 0.717) is 15.8 Å². The van der Waals surface area contributed by atoms with Crippen molar-refractivity contribution in [3.63, 3.8) is 0 Å². The molecule has 9 heteroatoms. The molecule has 122 valence electrons. The van der Waals surface area contributed by atoms with Crippen LogP contribution in [0.15, 0.2) is 43.7 Å². The Morgan fingerprint density at radius 2 is 2.12 bits per heavy atom. The molecule has 0 saturated heterocycles. The van der Waals surface area contributed by atoms with Crippen molar-refractivity contribution in [2.24, 2.45) is 5.73 Å². The quantitative estimate of drug-likeness (QED) is 0.701. The molecule has 1 aliphatic rings. The summed E-state index contributed by atoms with van der Waals surface area (Å²) in [4.78, 5) is 28.3. The molecular formula is C15H11BrN4O4. The van der Waals surface area contributed by atoms with Crippen molar-refractivity contribution in [1.82, 2.24) is 9.97 Å². The molecule has 0 bridgehead atoms. The second-order valence-electron chi connectivity index (χ2n) is 4.97. The Morgan fingerprint density at radius 1 is 1.38 bits per heavy atom. The van der Waals surface area contributed by atoms with Crippen LogP contribution in [0.3, 0.4) is 0 Å². The maximum atomic E-state index is 12.3. The van der Waals surface area contributed by atoms with Gasteiger partial charge in [0, 0.05) is 0 Å². The van der Waals surface area contributed by atoms with E-state index in [9.17, 15) is 14.9 Å². The number of hydrogen-bond donors (Lipinski definition) is 3. The van der Waals surface area contributed by atoms with Gasteiger partial charge in [-0.15, -0.1) is 0 Å². The number of hydrogen-bond acceptors (Lipinski definition) is 6. The Labute approximate surface area is 143 Å². The van der Waals surface area contributed by atoms with Gasteiger partial charge in [0.25, 0.3) is 5.56 Å². The number of halogens is 1. The fourth-order valence-corrected chi connectivity index (χ4v) is 3.14. The second kappa shape index (κ2) is 5.90. The lowest BCUT2D eigenvalue weighted by molar-refractivity contribution is 0.373. The van der Waals surface area contributed by atoms with E-state index in [0.717, 1.165) is 0 Å². The minimum atomic E-state index is -0.776. The number of H-pyrrole nitrogens is 2. The highest BCUT2D eigenvalue weighted by molar-refractivity contribution is 9.10. The number of nitriles is 1. The number of allylic oxidation sites excluding steroid dienone is 1. The number of rotatable bonds is 2. The largest absolute Gasteiger partial charge is 0.496 e. The predicted molar refractivity (Wildman–Crippen MR) is 87.7 cm³/mol. The standard InChI is InChI=1S/C15H11BrN4O4/c1-23-9-3-2-6(4-8(9)16)10-7(5-17)12(18)24-14-11(10)13(21)19-15(22)20-14/h2-4,10H,18H2,1H3,(H2,19,20,21,22)/t10-/m1/s1. The van der Waals surface area contributed by atoms with Crippen molar-refractivity contribution in [2.75, 3.05) is 7.11 Å². The molecular weight excluding hydrogens is 380 g/mol. The van der Waals surface area contributed by atoms with Crippen LogP contribution >= 0.6 is 15.9 Å². The van der Waals surface area contributed by atoms with Crippen LogP contribution in [0.4, 0.5) is 0 Å². The molecule has 0 saturated carbocycles. The number of nitrogens with two attached hydrogens (primary N) is 1. The number of methoxy groups -OCH3 is 1. The van der Waals surface area contributed by atoms with Crippen LogP contribution in [-0.2, 0) is 0 Å². The molecule has 1 aromatic heterocycles. The molecule has 0 fully saturated rings. The molecule has 0 radical (unpaired) electrons. The molecule has 4 N–H and O–H groups in total. The summed E-state index contributed by atoms with van der Waals surface area (Å²) in [5, 5.41) is 9.45. The van der Waals surface area contributed by atoms with E-state index in [1.54, 1.807) is 18.2 Å². The third kappa shape index (κ3) is 2.47. The number of benzene rings is 1. The van der Waals surface area contributed by atoms with Gasteiger partial charge in [0.2, 0.25) is 11.8 Å². The Balaban J connectivity index is 2.30. The molecule has 0 aliphatic carbocycles. The Bertz CT molecular complexity index is 1020. The number of fused-ring (bicyclic) bond motifs is 1. The lowest BCUT2D eigenvalue weighted by Crippen LogP contribution is -2.33. The predicted octanol–water partition coefficient (Wildman–Crippen LogP) is 1.05. The number of aromatic amines is 2. The molecule has 1 atom stereocenters. The van der Waals surface area contributed by atoms with Gasteiger partial charge in [0.05, 0.1) is 23.1 Å². The van der Waals surface area contributed by atoms with E-state index in [2.05, 4.69) is 25.9 Å². The summed E-state index contributed by atoms with van der Waals surface area (Å²) >= 11 is 3.37. The molecule has 0 unspecified atom stereocenters. The highest BCUT2D eigenvalue weighted by Crippen LogP contribution is 2.40. The number of aromatic nitrogens is 2. The van der Waals surface area contributed by atoms with Gasteiger partial charge in [0.15, 0.2) is 0 Å². The SMILES string of the molecule is COc1ccc([C@@H]2C(C#N)=C(N)Oc3[nH]c(=O)[nH]c(=O)c32)cc1Br. The monoisotopic (exact) mass is 390 g/mol. The number of nitrogens with one attached hydrogen (secondary N) is 2. The summed E-state index contributed by atoms with van der Waals surface area (Å²) in [6.07, 6.45) is 0. The normalized spacial score (nSPS) is 16.1. The van der Waals surface area contributed by atoms with E-state index >= 15 is 0 Å². The third-order valence-electron chi connectivity index (χ3n) is 3.63. The molecule has 2 heterocycles. The number of nitrogens with zero attached hydrogens (tertiary/aromatic N) is 1. The van der Waals surface area contributed by atoms with Crippen molar-refractivity contribution in [2.45, 2.75) is 5.92 Å². The minimum absolute atomic E-state index is 0.0720. The maximum Gasteiger partial charge on any atom is 0.328 e. The summed E-state index contributed by atoms with van der Waals surface area (Å²) in [6, 6.07) is 7.09. The van der Waals surface area contributed by atoms with Crippen LogP contribution in [0.5, 0.6) is 11.6 Å². The van der Waals surface area contributed by atoms with Crippen LogP contribution in [0.25, 0.3) is 0 Å². The summed E-state index contributed by atoms with van der Waals surface area (Å²) in [6.45, 7) is 0. The van der Waals surface area contributed by atoms with E-state index in [1.165, 1.54) is 7.11 Å². The molecule has 2 aromatic rings. The zero-order valence-electron chi connectivity index (χ0n) is 12.3. The second-order valence-corrected chi connectivity index (χ2v) is 5.82. The summed E-state index contributed by atoms with van der Waals surface area (Å²) < 4.78 is 11.1. The first-order valence-corrected chi connectivity index (χ1v) is 7.53. The van der Waals surface area contributed by atoms with Gasteiger partial charge in [-0.3, -0.25) is 14.8 Å². The smallest absolute Gasteiger partial charge is 0.328 e. The number of ether oxygens (including phenoxy) is 2. The first kappa shape index (κ1) is 15.9. The summed E-state index contributed by atoms with van der Waals surface area (Å²) in [5.74, 6) is -0.418. The van der Waals surface area contributed by atoms with Gasteiger partial charge in [-0.05, 0) is 33.6 Å². The molecule has 8 nitrogen and oxygen atoms in total. The molecule has 3 rings (SSSR count). The van der Waals surface area contributed by atoms with Crippen LogP contribution in [0.2, 0.25) is 0 Å². The topological polar surface area (TPSA) is 134 Å². The molecule has 24 heavy (non-hydrogen) atoms. The Hall–Kier alpha value is -2.99. The molecule has 0 amide bonds. The third-order valence-corrected chi connectivity index (χ3v) is 4.25. The van der Waals surface area contributed by atoms with E-state index in [4.69, 9.17) is 15.2 Å². The Morgan fingerprint density at radius 3 is 2.75 bits per heavy atom. The zero-order chi connectivity index (χ0) is 17.4. The summed E-state index contributed by atoms with van der Waals surface area (Å²) in [7, 11) is 1.53. The van der Waals surface area contributed by atoms with Crippen molar-refractivity contribution in [3.05, 3.63) is 66.1 Å². The molecule has 0 spiro atoms. The first-order valence-electron chi connectivity index (χ1n) is 6.73. The highest BCUT2D eigenvalue weighted by atomic mass is 79.9. The summed E-state index contributed by atoms with van der Waals surface area (Å²) in [5.41, 5.74) is 5.23. The van der Waals surface area contributed by atoms with E-state index < -0.39 is 17.2 Å². The van der Waals surface area contributed by atoms with Crippen molar-refractivity contribution in [1.29, 1.82) is 5.26 Å². The van der Waals surface area contributed by atoms with Crippen molar-refractivity contribution < 1.29 is 9.47 Å². The highest BCUT2D eigenvalue weighted by Gasteiger charge is 2.34. The van der Waals surface area contributed by atoms with Gasteiger partial charge < -0.3 is 15.2 Å². The van der Waals surface area contributed by atoms with Gasteiger partial charge in [0.1, 0.15) is 17.4 Å². The van der Waals surface area contributed by atoms with Crippen LogP contribution in [0, 0.1) is 11.3 Å². The van der Waals surface area contributed by atoms with Crippen LogP contribution in [-0.4, -0.2) is 17.1 Å². The molecule has 1 aliphatic heterocycles. The fraction of sp³-hybridized carbons (Fsp3) is 0.133. The average molecular weight is 391 g/mol. The van der Waals surface area contributed by atoms with E-state index in [-0.39, 0.29) is 22.9 Å². The minimum Gasteiger partial charge on any atom is -0.496 e. The van der Waals surface area contributed by atoms with E-state index in [1.807, 2.05) is 6.07 Å². The first-order chi connectivity index (χ1) is 11.5. The van der Waals surface area contributed by atoms with Gasteiger partial charge in [-0.25, -0.2) is 4.79 Å². The zero-order valence-corrected chi connectivity index (χ0v) is 13.9. The maximum absolute atomic E-state index is 12.3. The van der Waals surface area contributed by atoms with Gasteiger partial charge >= 0.3 is 5.69 Å². The Kier molecular flexibility index (Phi) is 3.91. The van der Waals surface area contributed by atoms with Gasteiger partial charge in [-0.2, -0.15) is 5.26 Å². The van der Waals surface area contributed by atoms with Crippen LogP contribution in [0.1, 0.15) is 17.0 Å². The fourth-order valence-electron chi connectivity index (χ4n) is 2.58. The lowest BCUT2D eigenvalue weighted by Gasteiger charge is -2.25. The lowest BCUT2D eigenvalue weighted by atomic mass is 9.85. The van der Waals surface area contributed by atoms with Crippen molar-refractivity contribution >= 4 is 15.9 Å². The van der Waals surface area contributed by atoms with Crippen LogP contribution < -0.4 is 26.5 Å². The van der Waals surface area contributed by atoms with Crippen molar-refractivity contribution in [3.8, 4) is 17.7 Å².